The quantitative estimate of drug-likeness (QED) is 0.856. The maximum absolute atomic E-state index is 12.5. The molecule has 1 aliphatic heterocycles. The van der Waals surface area contributed by atoms with E-state index in [1.54, 1.807) is 4.90 Å². The number of hydrogen-bond donors (Lipinski definition) is 0. The van der Waals surface area contributed by atoms with Crippen LogP contribution in [0.3, 0.4) is 0 Å². The summed E-state index contributed by atoms with van der Waals surface area (Å²) in [6.07, 6.45) is 4.92. The van der Waals surface area contributed by atoms with Crippen molar-refractivity contribution < 1.29 is 14.3 Å². The highest BCUT2D eigenvalue weighted by atomic mass is 16.6. The summed E-state index contributed by atoms with van der Waals surface area (Å²) in [4.78, 5) is 28.5. The first-order valence-electron chi connectivity index (χ1n) is 8.98. The minimum absolute atomic E-state index is 0.210. The third-order valence-corrected chi connectivity index (χ3v) is 4.98. The van der Waals surface area contributed by atoms with Crippen LogP contribution in [0, 0.1) is 5.92 Å². The molecule has 0 spiro atoms. The van der Waals surface area contributed by atoms with E-state index >= 15 is 0 Å². The van der Waals surface area contributed by atoms with Gasteiger partial charge in [-0.15, -0.1) is 0 Å². The zero-order chi connectivity index (χ0) is 16.8. The Kier molecular flexibility index (Phi) is 5.72. The molecule has 1 saturated carbocycles. The lowest BCUT2D eigenvalue weighted by Gasteiger charge is -2.24. The van der Waals surface area contributed by atoms with Crippen LogP contribution in [0.1, 0.15) is 37.7 Å². The summed E-state index contributed by atoms with van der Waals surface area (Å²) in [5.74, 6) is 0.494. The van der Waals surface area contributed by atoms with Gasteiger partial charge < -0.3 is 14.5 Å². The maximum atomic E-state index is 12.5. The number of carbonyl (C=O) groups excluding carboxylic acids is 2. The highest BCUT2D eigenvalue weighted by Gasteiger charge is 2.29. The van der Waals surface area contributed by atoms with Crippen molar-refractivity contribution in [2.45, 2.75) is 38.7 Å². The zero-order valence-electron chi connectivity index (χ0n) is 14.2. The van der Waals surface area contributed by atoms with Gasteiger partial charge in [-0.25, -0.2) is 4.79 Å². The van der Waals surface area contributed by atoms with Crippen molar-refractivity contribution in [3.8, 4) is 0 Å². The average Bonchev–Trinajstić information content (AvgIpc) is 3.04. The Morgan fingerprint density at radius 1 is 0.917 bits per heavy atom. The van der Waals surface area contributed by atoms with E-state index in [0.717, 1.165) is 31.4 Å². The van der Waals surface area contributed by atoms with Crippen LogP contribution in [0.2, 0.25) is 0 Å². The van der Waals surface area contributed by atoms with Crippen LogP contribution < -0.4 is 0 Å². The first kappa shape index (κ1) is 16.8. The van der Waals surface area contributed by atoms with E-state index in [4.69, 9.17) is 4.74 Å². The van der Waals surface area contributed by atoms with Crippen molar-refractivity contribution in [2.24, 2.45) is 5.92 Å². The van der Waals surface area contributed by atoms with E-state index in [1.165, 1.54) is 12.8 Å². The van der Waals surface area contributed by atoms with E-state index in [1.807, 2.05) is 35.2 Å². The van der Waals surface area contributed by atoms with Crippen molar-refractivity contribution in [2.75, 3.05) is 26.2 Å². The second-order valence-corrected chi connectivity index (χ2v) is 6.69. The van der Waals surface area contributed by atoms with Crippen LogP contribution in [0.4, 0.5) is 4.79 Å². The van der Waals surface area contributed by atoms with Crippen molar-refractivity contribution >= 4 is 12.0 Å². The Balaban J connectivity index is 1.47. The van der Waals surface area contributed by atoms with Gasteiger partial charge in [-0.2, -0.15) is 0 Å². The molecule has 5 heteroatoms. The van der Waals surface area contributed by atoms with Gasteiger partial charge in [0.15, 0.2) is 0 Å². The van der Waals surface area contributed by atoms with Crippen LogP contribution in [0.5, 0.6) is 0 Å². The Morgan fingerprint density at radius 3 is 2.33 bits per heavy atom. The molecule has 0 bridgehead atoms. The van der Waals surface area contributed by atoms with Crippen molar-refractivity contribution in [1.29, 1.82) is 0 Å². The van der Waals surface area contributed by atoms with Crippen LogP contribution in [0.25, 0.3) is 0 Å². The molecule has 0 aromatic heterocycles. The predicted octanol–water partition coefficient (Wildman–Crippen LogP) is 3.05. The molecule has 2 fully saturated rings. The van der Waals surface area contributed by atoms with Gasteiger partial charge in [0.05, 0.1) is 0 Å². The number of benzene rings is 1. The molecule has 5 nitrogen and oxygen atoms in total. The van der Waals surface area contributed by atoms with Crippen LogP contribution in [-0.2, 0) is 16.1 Å². The summed E-state index contributed by atoms with van der Waals surface area (Å²) in [5, 5.41) is 0. The van der Waals surface area contributed by atoms with E-state index in [9.17, 15) is 9.59 Å². The second kappa shape index (κ2) is 8.18. The molecule has 0 atom stereocenters. The fraction of sp³-hybridized carbons (Fsp3) is 0.579. The van der Waals surface area contributed by atoms with Gasteiger partial charge in [-0.05, 0) is 24.8 Å². The number of nitrogens with zero attached hydrogens (tertiary/aromatic N) is 2. The van der Waals surface area contributed by atoms with Gasteiger partial charge in [0.2, 0.25) is 5.91 Å². The molecule has 2 amide bonds. The molecule has 130 valence electrons. The summed E-state index contributed by atoms with van der Waals surface area (Å²) >= 11 is 0. The van der Waals surface area contributed by atoms with Gasteiger partial charge in [-0.3, -0.25) is 4.79 Å². The Morgan fingerprint density at radius 2 is 1.58 bits per heavy atom. The summed E-state index contributed by atoms with van der Waals surface area (Å²) in [6, 6.07) is 9.69. The van der Waals surface area contributed by atoms with Gasteiger partial charge in [0, 0.05) is 32.1 Å². The number of amides is 2. The smallest absolute Gasteiger partial charge is 0.410 e. The Hall–Kier alpha value is -2.04. The number of hydrogen-bond acceptors (Lipinski definition) is 3. The highest BCUT2D eigenvalue weighted by Crippen LogP contribution is 2.27. The van der Waals surface area contributed by atoms with Crippen LogP contribution in [-0.4, -0.2) is 48.0 Å². The summed E-state index contributed by atoms with van der Waals surface area (Å²) in [5.41, 5.74) is 0.985. The molecule has 24 heavy (non-hydrogen) atoms. The molecule has 0 radical (unpaired) electrons. The summed E-state index contributed by atoms with van der Waals surface area (Å²) < 4.78 is 5.40. The largest absolute Gasteiger partial charge is 0.445 e. The Bertz CT molecular complexity index is 555. The third-order valence-electron chi connectivity index (χ3n) is 4.98. The lowest BCUT2D eigenvalue weighted by Crippen LogP contribution is -2.39. The molecule has 1 aromatic rings. The minimum Gasteiger partial charge on any atom is -0.445 e. The minimum atomic E-state index is -0.283. The monoisotopic (exact) mass is 330 g/mol. The van der Waals surface area contributed by atoms with Crippen molar-refractivity contribution in [3.05, 3.63) is 35.9 Å². The summed E-state index contributed by atoms with van der Waals surface area (Å²) in [6.45, 7) is 2.88. The van der Waals surface area contributed by atoms with E-state index in [-0.39, 0.29) is 17.9 Å². The normalized spacial score (nSPS) is 19.2. The van der Waals surface area contributed by atoms with Crippen LogP contribution in [0.15, 0.2) is 30.3 Å². The molecule has 1 aliphatic carbocycles. The predicted molar refractivity (Wildman–Crippen MR) is 91.4 cm³/mol. The van der Waals surface area contributed by atoms with Gasteiger partial charge in [-0.1, -0.05) is 43.2 Å². The van der Waals surface area contributed by atoms with E-state index < -0.39 is 0 Å². The van der Waals surface area contributed by atoms with Crippen LogP contribution >= 0.6 is 0 Å². The first-order chi connectivity index (χ1) is 11.7. The molecule has 1 heterocycles. The van der Waals surface area contributed by atoms with E-state index in [2.05, 4.69) is 0 Å². The fourth-order valence-corrected chi connectivity index (χ4v) is 3.56. The van der Waals surface area contributed by atoms with Crippen molar-refractivity contribution in [3.63, 3.8) is 0 Å². The van der Waals surface area contributed by atoms with Gasteiger partial charge >= 0.3 is 6.09 Å². The lowest BCUT2D eigenvalue weighted by atomic mass is 10.1. The van der Waals surface area contributed by atoms with E-state index in [0.29, 0.717) is 26.2 Å². The standard InChI is InChI=1S/C19H26N2O3/c22-18(17-9-4-5-10-17)20-11-6-12-21(14-13-20)19(23)24-15-16-7-2-1-3-8-16/h1-3,7-8,17H,4-6,9-15H2. The molecular weight excluding hydrogens is 304 g/mol. The maximum Gasteiger partial charge on any atom is 0.410 e. The molecule has 1 saturated heterocycles. The molecular formula is C19H26N2O3. The lowest BCUT2D eigenvalue weighted by molar-refractivity contribution is -0.135. The topological polar surface area (TPSA) is 49.9 Å². The molecule has 2 aliphatic rings. The highest BCUT2D eigenvalue weighted by molar-refractivity contribution is 5.79. The third kappa shape index (κ3) is 4.28. The zero-order valence-corrected chi connectivity index (χ0v) is 14.2. The number of carbonyl (C=O) groups is 2. The molecule has 1 aromatic carbocycles. The van der Waals surface area contributed by atoms with Gasteiger partial charge in [0.25, 0.3) is 0 Å². The average molecular weight is 330 g/mol. The summed E-state index contributed by atoms with van der Waals surface area (Å²) in [7, 11) is 0. The molecule has 3 rings (SSSR count). The van der Waals surface area contributed by atoms with Crippen molar-refractivity contribution in [1.82, 2.24) is 9.80 Å². The fourth-order valence-electron chi connectivity index (χ4n) is 3.56. The second-order valence-electron chi connectivity index (χ2n) is 6.69. The molecule has 0 unspecified atom stereocenters. The van der Waals surface area contributed by atoms with Gasteiger partial charge in [0.1, 0.15) is 6.61 Å². The number of rotatable bonds is 3. The number of ether oxygens (including phenoxy) is 1. The SMILES string of the molecule is O=C(OCc1ccccc1)N1CCCN(C(=O)C2CCCC2)CC1. The Labute approximate surface area is 143 Å². The molecule has 0 N–H and O–H groups in total. The first-order valence-corrected chi connectivity index (χ1v) is 8.98.